The summed E-state index contributed by atoms with van der Waals surface area (Å²) >= 11 is 0. The number of Topliss-reactive ketones (excluding diaryl/α,β-unsaturated/α-hetero) is 1. The molecule has 1 heterocycles. The number of carbonyl (C=O) groups is 2. The zero-order chi connectivity index (χ0) is 12.3. The normalized spacial score (nSPS) is 28.1. The molecule has 0 bridgehead atoms. The summed E-state index contributed by atoms with van der Waals surface area (Å²) < 4.78 is 16.0. The van der Waals surface area contributed by atoms with E-state index in [4.69, 9.17) is 14.2 Å². The second-order valence-electron chi connectivity index (χ2n) is 4.57. The molecule has 5 nitrogen and oxygen atoms in total. The van der Waals surface area contributed by atoms with Gasteiger partial charge in [-0.3, -0.25) is 9.59 Å². The number of rotatable bonds is 2. The first-order chi connectivity index (χ1) is 8.15. The van der Waals surface area contributed by atoms with E-state index in [1.54, 1.807) is 6.92 Å². The molecule has 2 fully saturated rings. The highest BCUT2D eigenvalue weighted by atomic mass is 16.7. The van der Waals surface area contributed by atoms with Crippen molar-refractivity contribution in [2.45, 2.75) is 38.4 Å². The van der Waals surface area contributed by atoms with Gasteiger partial charge < -0.3 is 14.2 Å². The second kappa shape index (κ2) is 5.14. The summed E-state index contributed by atoms with van der Waals surface area (Å²) in [6.45, 7) is 2.37. The first-order valence-electron chi connectivity index (χ1n) is 6.11. The first-order valence-corrected chi connectivity index (χ1v) is 6.11. The van der Waals surface area contributed by atoms with Crippen LogP contribution in [-0.2, 0) is 23.8 Å². The quantitative estimate of drug-likeness (QED) is 0.677. The minimum absolute atomic E-state index is 0.0473. The molecule has 5 heteroatoms. The molecule has 0 aromatic rings. The lowest BCUT2D eigenvalue weighted by Crippen LogP contribution is -2.48. The predicted octanol–water partition coefficient (Wildman–Crippen LogP) is 1.05. The number of carbonyl (C=O) groups excluding carboxylic acids is 2. The smallest absolute Gasteiger partial charge is 0.309 e. The van der Waals surface area contributed by atoms with Crippen LogP contribution < -0.4 is 0 Å². The Hall–Kier alpha value is -0.940. The maximum absolute atomic E-state index is 11.7. The van der Waals surface area contributed by atoms with E-state index in [0.29, 0.717) is 13.0 Å². The molecule has 17 heavy (non-hydrogen) atoms. The maximum Gasteiger partial charge on any atom is 0.309 e. The van der Waals surface area contributed by atoms with Crippen LogP contribution in [0.1, 0.15) is 32.6 Å². The van der Waals surface area contributed by atoms with Crippen molar-refractivity contribution in [2.75, 3.05) is 19.8 Å². The Labute approximate surface area is 100 Å². The molecular weight excluding hydrogens is 224 g/mol. The topological polar surface area (TPSA) is 61.8 Å². The zero-order valence-electron chi connectivity index (χ0n) is 10.1. The summed E-state index contributed by atoms with van der Waals surface area (Å²) in [5.41, 5.74) is 0. The van der Waals surface area contributed by atoms with Crippen molar-refractivity contribution >= 4 is 11.8 Å². The van der Waals surface area contributed by atoms with Gasteiger partial charge in [0.25, 0.3) is 0 Å². The molecule has 1 saturated heterocycles. The average molecular weight is 242 g/mol. The van der Waals surface area contributed by atoms with E-state index in [2.05, 4.69) is 0 Å². The van der Waals surface area contributed by atoms with E-state index in [1.165, 1.54) is 0 Å². The lowest BCUT2D eigenvalue weighted by Gasteiger charge is -2.41. The van der Waals surface area contributed by atoms with Crippen LogP contribution >= 0.6 is 0 Å². The highest BCUT2D eigenvalue weighted by Crippen LogP contribution is 2.38. The molecule has 1 unspecified atom stereocenters. The SMILES string of the molecule is CCOC(=O)C1CCCC2(C1)OCC(=O)CO2. The lowest BCUT2D eigenvalue weighted by molar-refractivity contribution is -0.273. The van der Waals surface area contributed by atoms with E-state index in [9.17, 15) is 9.59 Å². The van der Waals surface area contributed by atoms with Crippen LogP contribution in [0.3, 0.4) is 0 Å². The Morgan fingerprint density at radius 2 is 2.18 bits per heavy atom. The molecule has 1 saturated carbocycles. The van der Waals surface area contributed by atoms with Crippen molar-refractivity contribution in [3.8, 4) is 0 Å². The standard InChI is InChI=1S/C12H18O5/c1-2-15-11(14)9-4-3-5-12(6-9)16-7-10(13)8-17-12/h9H,2-8H2,1H3. The van der Waals surface area contributed by atoms with Gasteiger partial charge in [-0.15, -0.1) is 0 Å². The number of ether oxygens (including phenoxy) is 3. The fraction of sp³-hybridized carbons (Fsp3) is 0.833. The number of hydrogen-bond acceptors (Lipinski definition) is 5. The second-order valence-corrected chi connectivity index (χ2v) is 4.57. The van der Waals surface area contributed by atoms with Crippen LogP contribution in [-0.4, -0.2) is 37.4 Å². The fourth-order valence-electron chi connectivity index (χ4n) is 2.43. The first kappa shape index (κ1) is 12.5. The number of hydrogen-bond donors (Lipinski definition) is 0. The zero-order valence-corrected chi connectivity index (χ0v) is 10.1. The Kier molecular flexibility index (Phi) is 3.79. The van der Waals surface area contributed by atoms with Crippen LogP contribution in [0.25, 0.3) is 0 Å². The molecule has 1 atom stereocenters. The third-order valence-electron chi connectivity index (χ3n) is 3.28. The molecule has 2 rings (SSSR count). The van der Waals surface area contributed by atoms with Gasteiger partial charge in [-0.1, -0.05) is 0 Å². The average Bonchev–Trinajstić information content (AvgIpc) is 2.34. The Morgan fingerprint density at radius 1 is 1.47 bits per heavy atom. The van der Waals surface area contributed by atoms with Gasteiger partial charge in [0.05, 0.1) is 12.5 Å². The molecule has 0 radical (unpaired) electrons. The lowest BCUT2D eigenvalue weighted by atomic mass is 9.84. The molecule has 0 aromatic carbocycles. The summed E-state index contributed by atoms with van der Waals surface area (Å²) in [6, 6.07) is 0. The molecule has 2 aliphatic rings. The van der Waals surface area contributed by atoms with E-state index in [0.717, 1.165) is 19.3 Å². The van der Waals surface area contributed by atoms with Gasteiger partial charge in [-0.25, -0.2) is 0 Å². The third-order valence-corrected chi connectivity index (χ3v) is 3.28. The van der Waals surface area contributed by atoms with Crippen molar-refractivity contribution in [2.24, 2.45) is 5.92 Å². The number of esters is 1. The third kappa shape index (κ3) is 2.84. The summed E-state index contributed by atoms with van der Waals surface area (Å²) in [5.74, 6) is -1.13. The van der Waals surface area contributed by atoms with Gasteiger partial charge >= 0.3 is 5.97 Å². The molecule has 0 N–H and O–H groups in total. The van der Waals surface area contributed by atoms with Crippen LogP contribution in [0.15, 0.2) is 0 Å². The van der Waals surface area contributed by atoms with Crippen molar-refractivity contribution < 1.29 is 23.8 Å². The van der Waals surface area contributed by atoms with Gasteiger partial charge in [0, 0.05) is 12.8 Å². The van der Waals surface area contributed by atoms with Crippen LogP contribution in [0.5, 0.6) is 0 Å². The monoisotopic (exact) mass is 242 g/mol. The predicted molar refractivity (Wildman–Crippen MR) is 58.2 cm³/mol. The van der Waals surface area contributed by atoms with Gasteiger partial charge in [0.1, 0.15) is 13.2 Å². The maximum atomic E-state index is 11.7. The molecule has 1 aliphatic heterocycles. The Bertz CT molecular complexity index is 302. The summed E-state index contributed by atoms with van der Waals surface area (Å²) in [7, 11) is 0. The Morgan fingerprint density at radius 3 is 2.82 bits per heavy atom. The summed E-state index contributed by atoms with van der Waals surface area (Å²) in [4.78, 5) is 22.8. The van der Waals surface area contributed by atoms with Gasteiger partial charge in [0.15, 0.2) is 11.6 Å². The fourth-order valence-corrected chi connectivity index (χ4v) is 2.43. The van der Waals surface area contributed by atoms with Gasteiger partial charge in [0.2, 0.25) is 0 Å². The number of ketones is 1. The van der Waals surface area contributed by atoms with Crippen LogP contribution in [0, 0.1) is 5.92 Å². The van der Waals surface area contributed by atoms with Crippen molar-refractivity contribution in [1.82, 2.24) is 0 Å². The molecule has 96 valence electrons. The van der Waals surface area contributed by atoms with E-state index in [-0.39, 0.29) is 30.9 Å². The van der Waals surface area contributed by atoms with Crippen molar-refractivity contribution in [1.29, 1.82) is 0 Å². The van der Waals surface area contributed by atoms with E-state index < -0.39 is 5.79 Å². The molecule has 1 aliphatic carbocycles. The molecular formula is C12H18O5. The minimum Gasteiger partial charge on any atom is -0.466 e. The van der Waals surface area contributed by atoms with E-state index >= 15 is 0 Å². The van der Waals surface area contributed by atoms with Crippen molar-refractivity contribution in [3.05, 3.63) is 0 Å². The van der Waals surface area contributed by atoms with E-state index in [1.807, 2.05) is 0 Å². The van der Waals surface area contributed by atoms with Crippen molar-refractivity contribution in [3.63, 3.8) is 0 Å². The van der Waals surface area contributed by atoms with Gasteiger partial charge in [-0.05, 0) is 19.8 Å². The Balaban J connectivity index is 1.96. The van der Waals surface area contributed by atoms with Crippen LogP contribution in [0.2, 0.25) is 0 Å². The largest absolute Gasteiger partial charge is 0.466 e. The van der Waals surface area contributed by atoms with Gasteiger partial charge in [-0.2, -0.15) is 0 Å². The van der Waals surface area contributed by atoms with Crippen LogP contribution in [0.4, 0.5) is 0 Å². The minimum atomic E-state index is -0.733. The molecule has 0 aromatic heterocycles. The highest BCUT2D eigenvalue weighted by molar-refractivity contribution is 5.81. The highest BCUT2D eigenvalue weighted by Gasteiger charge is 2.44. The molecule has 1 spiro atoms. The summed E-state index contributed by atoms with van der Waals surface area (Å²) in [6.07, 6.45) is 2.91. The molecule has 0 amide bonds. The summed E-state index contributed by atoms with van der Waals surface area (Å²) in [5, 5.41) is 0.